The first kappa shape index (κ1) is 26.8. The van der Waals surface area contributed by atoms with Gasteiger partial charge in [-0.1, -0.05) is 66.7 Å². The van der Waals surface area contributed by atoms with Crippen LogP contribution < -0.4 is 15.4 Å². The minimum atomic E-state index is -0.478. The van der Waals surface area contributed by atoms with Gasteiger partial charge in [0.05, 0.1) is 0 Å². The van der Waals surface area contributed by atoms with E-state index in [-0.39, 0.29) is 11.8 Å². The number of para-hydroxylation sites is 1. The summed E-state index contributed by atoms with van der Waals surface area (Å²) in [6, 6.07) is 41.6. The third-order valence-corrected chi connectivity index (χ3v) is 7.46. The van der Waals surface area contributed by atoms with Gasteiger partial charge in [-0.2, -0.15) is 0 Å². The van der Waals surface area contributed by atoms with Gasteiger partial charge < -0.3 is 15.4 Å². The fraction of sp³-hybridized carbons (Fsp3) is 0.0588. The molecule has 0 spiro atoms. The summed E-state index contributed by atoms with van der Waals surface area (Å²) in [6.07, 6.45) is 0. The van der Waals surface area contributed by atoms with Crippen molar-refractivity contribution >= 4 is 35.0 Å². The molecule has 0 aliphatic heterocycles. The van der Waals surface area contributed by atoms with Crippen LogP contribution >= 0.6 is 11.8 Å². The van der Waals surface area contributed by atoms with Crippen molar-refractivity contribution in [1.29, 1.82) is 0 Å². The van der Waals surface area contributed by atoms with E-state index in [0.717, 1.165) is 21.8 Å². The Morgan fingerprint density at radius 3 is 1.85 bits per heavy atom. The van der Waals surface area contributed by atoms with Gasteiger partial charge in [0.1, 0.15) is 16.7 Å². The Balaban J connectivity index is 1.26. The van der Waals surface area contributed by atoms with E-state index in [2.05, 4.69) is 10.6 Å². The second-order valence-electron chi connectivity index (χ2n) is 9.13. The van der Waals surface area contributed by atoms with Crippen molar-refractivity contribution in [3.63, 3.8) is 0 Å². The van der Waals surface area contributed by atoms with Gasteiger partial charge in [-0.05, 0) is 84.8 Å². The summed E-state index contributed by atoms with van der Waals surface area (Å²) in [7, 11) is 0. The molecule has 2 amide bonds. The lowest BCUT2D eigenvalue weighted by atomic mass is 10.1. The van der Waals surface area contributed by atoms with Crippen LogP contribution in [-0.2, 0) is 4.79 Å². The van der Waals surface area contributed by atoms with Gasteiger partial charge >= 0.3 is 0 Å². The number of hydrogen-bond acceptors (Lipinski definition) is 4. The highest BCUT2D eigenvalue weighted by Crippen LogP contribution is 2.37. The summed E-state index contributed by atoms with van der Waals surface area (Å²) in [5.74, 6) is 1.15. The SMILES string of the molecule is Cc1ccccc1C(=O)Nc1ccc(SC(C(=O)Nc2ccc(Oc3ccccc3)cc2)c2ccccc2)cc1. The van der Waals surface area contributed by atoms with Crippen LogP contribution in [-0.4, -0.2) is 11.8 Å². The van der Waals surface area contributed by atoms with Crippen LogP contribution in [0, 0.1) is 6.92 Å². The van der Waals surface area contributed by atoms with E-state index in [0.29, 0.717) is 22.7 Å². The van der Waals surface area contributed by atoms with Crippen molar-refractivity contribution in [2.45, 2.75) is 17.1 Å². The van der Waals surface area contributed by atoms with Crippen LogP contribution in [0.15, 0.2) is 138 Å². The monoisotopic (exact) mass is 544 g/mol. The molecule has 6 heteroatoms. The predicted octanol–water partition coefficient (Wildman–Crippen LogP) is 8.51. The minimum absolute atomic E-state index is 0.134. The largest absolute Gasteiger partial charge is 0.457 e. The number of carbonyl (C=O) groups is 2. The molecular formula is C34H28N2O3S. The molecule has 1 unspecified atom stereocenters. The van der Waals surface area contributed by atoms with Gasteiger partial charge in [-0.3, -0.25) is 9.59 Å². The van der Waals surface area contributed by atoms with E-state index in [1.165, 1.54) is 11.8 Å². The van der Waals surface area contributed by atoms with Crippen LogP contribution in [0.5, 0.6) is 11.5 Å². The molecule has 40 heavy (non-hydrogen) atoms. The fourth-order valence-electron chi connectivity index (χ4n) is 4.12. The molecule has 1 atom stereocenters. The van der Waals surface area contributed by atoms with E-state index in [1.54, 1.807) is 0 Å². The normalized spacial score (nSPS) is 11.3. The Hall–Kier alpha value is -4.81. The van der Waals surface area contributed by atoms with Crippen LogP contribution in [0.1, 0.15) is 26.7 Å². The molecule has 0 saturated carbocycles. The molecule has 0 radical (unpaired) electrons. The topological polar surface area (TPSA) is 67.4 Å². The number of nitrogens with one attached hydrogen (secondary N) is 2. The van der Waals surface area contributed by atoms with E-state index >= 15 is 0 Å². The highest BCUT2D eigenvalue weighted by Gasteiger charge is 2.22. The number of carbonyl (C=O) groups excluding carboxylic acids is 2. The third-order valence-electron chi connectivity index (χ3n) is 6.20. The van der Waals surface area contributed by atoms with E-state index in [1.807, 2.05) is 140 Å². The lowest BCUT2D eigenvalue weighted by molar-refractivity contribution is -0.115. The number of anilines is 2. The predicted molar refractivity (Wildman–Crippen MR) is 162 cm³/mol. The molecule has 0 aliphatic rings. The first-order valence-corrected chi connectivity index (χ1v) is 13.8. The van der Waals surface area contributed by atoms with Gasteiger partial charge in [0.2, 0.25) is 5.91 Å². The number of thioether (sulfide) groups is 1. The molecule has 5 aromatic rings. The number of ether oxygens (including phenoxy) is 1. The Kier molecular flexibility index (Phi) is 8.59. The maximum atomic E-state index is 13.5. The van der Waals surface area contributed by atoms with Gasteiger partial charge in [0, 0.05) is 21.8 Å². The molecular weight excluding hydrogens is 516 g/mol. The zero-order valence-electron chi connectivity index (χ0n) is 21.9. The standard InChI is InChI=1S/C34H28N2O3S/c1-24-10-8-9-15-31(24)33(37)35-27-18-22-30(23-19-27)40-32(25-11-4-2-5-12-25)34(38)36-26-16-20-29(21-17-26)39-28-13-6-3-7-14-28/h2-23,32H,1H3,(H,35,37)(H,36,38). The maximum Gasteiger partial charge on any atom is 0.255 e. The van der Waals surface area contributed by atoms with Crippen LogP contribution in [0.2, 0.25) is 0 Å². The van der Waals surface area contributed by atoms with Crippen molar-refractivity contribution in [1.82, 2.24) is 0 Å². The average molecular weight is 545 g/mol. The van der Waals surface area contributed by atoms with Crippen LogP contribution in [0.25, 0.3) is 0 Å². The molecule has 5 aromatic carbocycles. The third kappa shape index (κ3) is 6.98. The fourth-order valence-corrected chi connectivity index (χ4v) is 5.14. The second kappa shape index (κ2) is 12.8. The van der Waals surface area contributed by atoms with Gasteiger partial charge in [-0.25, -0.2) is 0 Å². The van der Waals surface area contributed by atoms with Crippen molar-refractivity contribution in [3.05, 3.63) is 150 Å². The molecule has 2 N–H and O–H groups in total. The molecule has 0 aliphatic carbocycles. The first-order chi connectivity index (χ1) is 19.5. The molecule has 0 bridgehead atoms. The lowest BCUT2D eigenvalue weighted by Crippen LogP contribution is -2.19. The molecule has 5 nitrogen and oxygen atoms in total. The van der Waals surface area contributed by atoms with Crippen molar-refractivity contribution in [3.8, 4) is 11.5 Å². The highest BCUT2D eigenvalue weighted by atomic mass is 32.2. The Labute approximate surface area is 238 Å². The number of benzene rings is 5. The summed E-state index contributed by atoms with van der Waals surface area (Å²) in [5.41, 5.74) is 3.83. The zero-order valence-corrected chi connectivity index (χ0v) is 22.7. The minimum Gasteiger partial charge on any atom is -0.457 e. The van der Waals surface area contributed by atoms with E-state index in [9.17, 15) is 9.59 Å². The maximum absolute atomic E-state index is 13.5. The number of hydrogen-bond donors (Lipinski definition) is 2. The Bertz CT molecular complexity index is 1570. The Morgan fingerprint density at radius 2 is 1.18 bits per heavy atom. The van der Waals surface area contributed by atoms with Crippen molar-refractivity contribution in [2.75, 3.05) is 10.6 Å². The number of aryl methyl sites for hydroxylation is 1. The molecule has 5 rings (SSSR count). The van der Waals surface area contributed by atoms with Crippen molar-refractivity contribution in [2.24, 2.45) is 0 Å². The van der Waals surface area contributed by atoms with Crippen molar-refractivity contribution < 1.29 is 14.3 Å². The molecule has 0 saturated heterocycles. The first-order valence-electron chi connectivity index (χ1n) is 12.9. The summed E-state index contributed by atoms with van der Waals surface area (Å²) in [4.78, 5) is 27.1. The summed E-state index contributed by atoms with van der Waals surface area (Å²) < 4.78 is 5.86. The lowest BCUT2D eigenvalue weighted by Gasteiger charge is -2.18. The highest BCUT2D eigenvalue weighted by molar-refractivity contribution is 8.00. The smallest absolute Gasteiger partial charge is 0.255 e. The molecule has 0 aromatic heterocycles. The summed E-state index contributed by atoms with van der Waals surface area (Å²) in [5, 5.41) is 5.51. The summed E-state index contributed by atoms with van der Waals surface area (Å²) in [6.45, 7) is 1.91. The Morgan fingerprint density at radius 1 is 0.625 bits per heavy atom. The number of amides is 2. The number of rotatable bonds is 9. The van der Waals surface area contributed by atoms with Gasteiger partial charge in [0.25, 0.3) is 5.91 Å². The zero-order chi connectivity index (χ0) is 27.7. The quantitative estimate of drug-likeness (QED) is 0.183. The second-order valence-corrected chi connectivity index (χ2v) is 10.3. The molecule has 0 fully saturated rings. The van der Waals surface area contributed by atoms with Gasteiger partial charge in [-0.15, -0.1) is 11.8 Å². The van der Waals surface area contributed by atoms with Crippen LogP contribution in [0.4, 0.5) is 11.4 Å². The molecule has 0 heterocycles. The summed E-state index contributed by atoms with van der Waals surface area (Å²) >= 11 is 1.45. The van der Waals surface area contributed by atoms with E-state index < -0.39 is 5.25 Å². The van der Waals surface area contributed by atoms with E-state index in [4.69, 9.17) is 4.74 Å². The van der Waals surface area contributed by atoms with Gasteiger partial charge in [0.15, 0.2) is 0 Å². The molecule has 198 valence electrons. The average Bonchev–Trinajstić information content (AvgIpc) is 2.99. The van der Waals surface area contributed by atoms with Crippen LogP contribution in [0.3, 0.4) is 0 Å².